The van der Waals surface area contributed by atoms with Gasteiger partial charge in [-0.05, 0) is 0 Å². The molecule has 0 amide bonds. The van der Waals surface area contributed by atoms with Crippen molar-refractivity contribution in [1.29, 1.82) is 0 Å². The monoisotopic (exact) mass is 188 g/mol. The Bertz CT molecular complexity index is 12.5. The smallest absolute Gasteiger partial charge is 0 e. The van der Waals surface area contributed by atoms with Gasteiger partial charge in [0.05, 0.1) is 0 Å². The fourth-order valence-electron chi connectivity index (χ4n) is 0. The molecule has 8 nitrogen and oxygen atoms in total. The van der Waals surface area contributed by atoms with Crippen molar-refractivity contribution in [1.82, 2.24) is 24.6 Å². The zero-order valence-electron chi connectivity index (χ0n) is 6.29. The van der Waals surface area contributed by atoms with Crippen LogP contribution in [0.3, 0.4) is 0 Å². The van der Waals surface area contributed by atoms with Crippen LogP contribution in [0.1, 0.15) is 0 Å². The topological polar surface area (TPSA) is 266 Å². The van der Waals surface area contributed by atoms with E-state index in [1.54, 1.807) is 0 Å². The van der Waals surface area contributed by atoms with Gasteiger partial charge in [0.2, 0.25) is 0 Å². The summed E-state index contributed by atoms with van der Waals surface area (Å²) in [7, 11) is 0. The summed E-state index contributed by atoms with van der Waals surface area (Å²) in [5.74, 6) is 0. The molecule has 0 bridgehead atoms. The molecule has 0 radical (unpaired) electrons. The summed E-state index contributed by atoms with van der Waals surface area (Å²) in [6.45, 7) is 0. The fraction of sp³-hybridized carbons (Fsp3) is 0. The van der Waals surface area contributed by atoms with Crippen LogP contribution in [0.4, 0.5) is 0 Å². The van der Waals surface area contributed by atoms with Gasteiger partial charge in [-0.1, -0.05) is 0 Å². The number of hydrogen-bond donors (Lipinski definition) is 4. The molecular formula is H20N4O4Ti. The molecule has 9 heavy (non-hydrogen) atoms. The van der Waals surface area contributed by atoms with Crippen molar-refractivity contribution in [2.24, 2.45) is 0 Å². The molecule has 68 valence electrons. The van der Waals surface area contributed by atoms with Gasteiger partial charge >= 0.3 is 0 Å². The van der Waals surface area contributed by atoms with Gasteiger partial charge in [0.25, 0.3) is 0 Å². The molecule has 0 aliphatic heterocycles. The van der Waals surface area contributed by atoms with Crippen LogP contribution >= 0.6 is 0 Å². The molecular weight excluding hydrogens is 168 g/mol. The molecule has 0 atom stereocenters. The average molecular weight is 188 g/mol. The second kappa shape index (κ2) is 2950. The Morgan fingerprint density at radius 3 is 0.333 bits per heavy atom. The van der Waals surface area contributed by atoms with E-state index in [9.17, 15) is 0 Å². The van der Waals surface area contributed by atoms with Gasteiger partial charge in [-0.3, -0.25) is 0 Å². The molecule has 0 aromatic carbocycles. The van der Waals surface area contributed by atoms with E-state index in [2.05, 4.69) is 0 Å². The molecule has 0 fully saturated rings. The summed E-state index contributed by atoms with van der Waals surface area (Å²) in [6.07, 6.45) is 0. The predicted octanol–water partition coefficient (Wildman–Crippen LogP) is 0.795. The summed E-state index contributed by atoms with van der Waals surface area (Å²) in [6, 6.07) is 0. The van der Waals surface area contributed by atoms with Crippen LogP contribution in [-0.2, 0) is 21.7 Å². The second-order valence-corrected chi connectivity index (χ2v) is 0. The SMILES string of the molecule is [NH4+].[NH4+].[NH4+].[NH4+].[OH-].[OH-].[OH-].[OH-].[Ti]. The fourth-order valence-corrected chi connectivity index (χ4v) is 0. The van der Waals surface area contributed by atoms with E-state index in [4.69, 9.17) is 0 Å². The zero-order chi connectivity index (χ0) is 0. The maximum atomic E-state index is 0. The zero-order valence-corrected chi connectivity index (χ0v) is 7.85. The van der Waals surface area contributed by atoms with Gasteiger partial charge in [-0.15, -0.1) is 0 Å². The molecule has 0 aromatic rings. The Morgan fingerprint density at radius 2 is 0.333 bits per heavy atom. The van der Waals surface area contributed by atoms with E-state index < -0.39 is 0 Å². The van der Waals surface area contributed by atoms with Crippen molar-refractivity contribution in [3.63, 3.8) is 0 Å². The Balaban J connectivity index is 0. The molecule has 0 saturated carbocycles. The Kier molecular flexibility index (Phi) is 1400000. The second-order valence-electron chi connectivity index (χ2n) is 0. The normalized spacial score (nSPS) is 0. The van der Waals surface area contributed by atoms with E-state index in [1.165, 1.54) is 0 Å². The number of rotatable bonds is 0. The molecule has 0 saturated heterocycles. The van der Waals surface area contributed by atoms with Crippen LogP contribution in [0.15, 0.2) is 0 Å². The van der Waals surface area contributed by atoms with Gasteiger partial charge in [-0.25, -0.2) is 0 Å². The van der Waals surface area contributed by atoms with Crippen molar-refractivity contribution in [2.45, 2.75) is 0 Å². The molecule has 0 spiro atoms. The minimum absolute atomic E-state index is 0. The Labute approximate surface area is 68.8 Å². The van der Waals surface area contributed by atoms with Crippen LogP contribution < -0.4 is 24.6 Å². The molecule has 20 N–H and O–H groups in total. The van der Waals surface area contributed by atoms with Gasteiger partial charge in [0, 0.05) is 21.7 Å². The van der Waals surface area contributed by atoms with Crippen molar-refractivity contribution in [2.75, 3.05) is 0 Å². The van der Waals surface area contributed by atoms with Gasteiger partial charge in [0.15, 0.2) is 0 Å². The maximum Gasteiger partial charge on any atom is 0 e. The minimum atomic E-state index is 0. The molecule has 9 heteroatoms. The van der Waals surface area contributed by atoms with Crippen molar-refractivity contribution >= 4 is 0 Å². The van der Waals surface area contributed by atoms with Gasteiger partial charge < -0.3 is 46.5 Å². The van der Waals surface area contributed by atoms with Gasteiger partial charge in [-0.2, -0.15) is 0 Å². The van der Waals surface area contributed by atoms with Crippen molar-refractivity contribution < 1.29 is 43.6 Å². The molecule has 0 aliphatic carbocycles. The molecule has 0 heterocycles. The van der Waals surface area contributed by atoms with Crippen molar-refractivity contribution in [3.05, 3.63) is 0 Å². The standard InChI is InChI=1S/4H3N.4H2O.Ti/h4*1H3;4*1H2;. The molecule has 0 unspecified atom stereocenters. The first-order valence-electron chi connectivity index (χ1n) is 0. The average Bonchev–Trinajstić information content (AvgIpc) is 0. The summed E-state index contributed by atoms with van der Waals surface area (Å²) in [5, 5.41) is 0. The van der Waals surface area contributed by atoms with Crippen LogP contribution in [0.2, 0.25) is 0 Å². The van der Waals surface area contributed by atoms with Crippen LogP contribution in [0.5, 0.6) is 0 Å². The summed E-state index contributed by atoms with van der Waals surface area (Å²) in [5.41, 5.74) is 0. The largest absolute Gasteiger partial charge is 0.870 e. The first-order valence-corrected chi connectivity index (χ1v) is 0. The first-order chi connectivity index (χ1) is 0. The third-order valence-electron chi connectivity index (χ3n) is 0. The van der Waals surface area contributed by atoms with E-state index in [0.717, 1.165) is 0 Å². The number of hydrogen-bond acceptors (Lipinski definition) is 4. The third kappa shape index (κ3) is 2210. The Hall–Kier alpha value is 0.394. The Morgan fingerprint density at radius 1 is 0.333 bits per heavy atom. The maximum absolute atomic E-state index is 0. The summed E-state index contributed by atoms with van der Waals surface area (Å²) < 4.78 is 0. The van der Waals surface area contributed by atoms with Crippen LogP contribution in [-0.4, -0.2) is 21.9 Å². The molecule has 0 rings (SSSR count). The van der Waals surface area contributed by atoms with E-state index in [0.29, 0.717) is 0 Å². The molecule has 0 aromatic heterocycles. The van der Waals surface area contributed by atoms with E-state index >= 15 is 0 Å². The van der Waals surface area contributed by atoms with Gasteiger partial charge in [0.1, 0.15) is 0 Å². The predicted molar refractivity (Wildman–Crippen MR) is 31.7 cm³/mol. The van der Waals surface area contributed by atoms with Crippen molar-refractivity contribution in [3.8, 4) is 0 Å². The first kappa shape index (κ1) is 4260. The summed E-state index contributed by atoms with van der Waals surface area (Å²) >= 11 is 0. The summed E-state index contributed by atoms with van der Waals surface area (Å²) in [4.78, 5) is 0. The molecule has 0 aliphatic rings. The quantitative estimate of drug-likeness (QED) is 0.400. The van der Waals surface area contributed by atoms with Crippen LogP contribution in [0.25, 0.3) is 0 Å². The van der Waals surface area contributed by atoms with E-state index in [-0.39, 0.29) is 68.2 Å². The third-order valence-corrected chi connectivity index (χ3v) is 0. The van der Waals surface area contributed by atoms with E-state index in [1.807, 2.05) is 0 Å². The minimum Gasteiger partial charge on any atom is -0.870 e. The number of quaternary nitrogens is 4. The van der Waals surface area contributed by atoms with Crippen LogP contribution in [0, 0.1) is 0 Å².